The molecule has 1 N–H and O–H groups in total. The lowest BCUT2D eigenvalue weighted by Crippen LogP contribution is -2.35. The van der Waals surface area contributed by atoms with Crippen LogP contribution in [0.5, 0.6) is 0 Å². The molecule has 0 aliphatic rings. The first-order chi connectivity index (χ1) is 12.2. The van der Waals surface area contributed by atoms with Crippen LogP contribution in [-0.4, -0.2) is 60.1 Å². The van der Waals surface area contributed by atoms with Crippen LogP contribution in [0.4, 0.5) is 0 Å². The van der Waals surface area contributed by atoms with Crippen molar-refractivity contribution >= 4 is 23.8 Å². The number of hydrogen-bond acceptors (Lipinski definition) is 6. The maximum atomic E-state index is 11.8. The molecule has 0 fully saturated rings. The van der Waals surface area contributed by atoms with E-state index in [9.17, 15) is 19.2 Å². The lowest BCUT2D eigenvalue weighted by atomic mass is 10.1. The van der Waals surface area contributed by atoms with E-state index in [1.54, 1.807) is 6.92 Å². The summed E-state index contributed by atoms with van der Waals surface area (Å²) in [5.74, 6) is -3.32. The van der Waals surface area contributed by atoms with Crippen molar-refractivity contribution < 1.29 is 33.8 Å². The average molecular weight is 371 g/mol. The van der Waals surface area contributed by atoms with Gasteiger partial charge in [0.2, 0.25) is 0 Å². The van der Waals surface area contributed by atoms with Crippen molar-refractivity contribution in [1.29, 1.82) is 0 Å². The summed E-state index contributed by atoms with van der Waals surface area (Å²) >= 11 is 0. The molecule has 0 saturated carbocycles. The fraction of sp³-hybridized carbons (Fsp3) is 0.667. The molecule has 0 radical (unpaired) electrons. The number of nitrogens with zero attached hydrogens (tertiary/aromatic N) is 1. The van der Waals surface area contributed by atoms with Crippen molar-refractivity contribution in [3.05, 3.63) is 12.2 Å². The highest BCUT2D eigenvalue weighted by Crippen LogP contribution is 2.10. The predicted octanol–water partition coefficient (Wildman–Crippen LogP) is 1.92. The second-order valence-electron chi connectivity index (χ2n) is 6.15. The molecule has 0 bridgehead atoms. The van der Waals surface area contributed by atoms with E-state index < -0.39 is 37.0 Å². The molecule has 0 unspecified atom stereocenters. The van der Waals surface area contributed by atoms with Gasteiger partial charge in [-0.2, -0.15) is 0 Å². The predicted molar refractivity (Wildman–Crippen MR) is 94.3 cm³/mol. The summed E-state index contributed by atoms with van der Waals surface area (Å²) < 4.78 is 9.95. The number of amides is 1. The molecular formula is C18H29NO7. The monoisotopic (exact) mass is 371 g/mol. The maximum Gasteiger partial charge on any atom is 0.334 e. The Kier molecular flexibility index (Phi) is 11.7. The number of rotatable bonds is 13. The highest BCUT2D eigenvalue weighted by atomic mass is 16.5. The second-order valence-corrected chi connectivity index (χ2v) is 6.15. The van der Waals surface area contributed by atoms with Crippen LogP contribution < -0.4 is 0 Å². The molecule has 0 aliphatic carbocycles. The van der Waals surface area contributed by atoms with E-state index in [1.807, 2.05) is 0 Å². The van der Waals surface area contributed by atoms with E-state index in [-0.39, 0.29) is 18.1 Å². The van der Waals surface area contributed by atoms with E-state index in [2.05, 4.69) is 13.5 Å². The minimum atomic E-state index is -1.18. The molecule has 148 valence electrons. The molecule has 0 rings (SSSR count). The number of aliphatic carboxylic acids is 1. The molecule has 8 nitrogen and oxygen atoms in total. The van der Waals surface area contributed by atoms with Crippen LogP contribution in [0.1, 0.15) is 52.4 Å². The number of carbonyl (C=O) groups is 4. The van der Waals surface area contributed by atoms with Gasteiger partial charge in [0.15, 0.2) is 6.61 Å². The fourth-order valence-corrected chi connectivity index (χ4v) is 2.06. The quantitative estimate of drug-likeness (QED) is 0.299. The van der Waals surface area contributed by atoms with Gasteiger partial charge in [0.25, 0.3) is 5.91 Å². The number of likely N-dealkylation sites (N-methyl/N-ethyl adjacent to an activating group) is 1. The summed E-state index contributed by atoms with van der Waals surface area (Å²) in [7, 11) is 1.28. The Balaban J connectivity index is 4.13. The van der Waals surface area contributed by atoms with E-state index in [0.717, 1.165) is 37.0 Å². The molecule has 0 heterocycles. The molecule has 0 aromatic heterocycles. The van der Waals surface area contributed by atoms with Gasteiger partial charge in [-0.05, 0) is 19.8 Å². The van der Waals surface area contributed by atoms with Crippen LogP contribution >= 0.6 is 0 Å². The lowest BCUT2D eigenvalue weighted by molar-refractivity contribution is -0.153. The van der Waals surface area contributed by atoms with Crippen molar-refractivity contribution in [2.24, 2.45) is 0 Å². The molecule has 26 heavy (non-hydrogen) atoms. The van der Waals surface area contributed by atoms with Crippen LogP contribution in [0.2, 0.25) is 0 Å². The number of esters is 2. The van der Waals surface area contributed by atoms with Crippen molar-refractivity contribution in [1.82, 2.24) is 4.90 Å². The summed E-state index contributed by atoms with van der Waals surface area (Å²) in [6.07, 6.45) is 4.52. The largest absolute Gasteiger partial charge is 0.480 e. The van der Waals surface area contributed by atoms with Crippen molar-refractivity contribution in [3.63, 3.8) is 0 Å². The molecule has 0 aromatic carbocycles. The summed E-state index contributed by atoms with van der Waals surface area (Å²) in [6.45, 7) is 6.25. The van der Waals surface area contributed by atoms with Crippen LogP contribution in [0, 0.1) is 0 Å². The van der Waals surface area contributed by atoms with Gasteiger partial charge in [0, 0.05) is 12.6 Å². The first-order valence-corrected chi connectivity index (χ1v) is 8.67. The number of unbranched alkanes of at least 4 members (excludes halogenated alkanes) is 3. The Hall–Kier alpha value is -2.38. The molecule has 0 spiro atoms. The Bertz CT molecular complexity index is 516. The highest BCUT2D eigenvalue weighted by molar-refractivity contribution is 5.94. The zero-order chi connectivity index (χ0) is 20.1. The second kappa shape index (κ2) is 12.9. The number of ether oxygens (including phenoxy) is 2. The lowest BCUT2D eigenvalue weighted by Gasteiger charge is -2.15. The van der Waals surface area contributed by atoms with Crippen molar-refractivity contribution in [2.45, 2.75) is 58.5 Å². The van der Waals surface area contributed by atoms with Gasteiger partial charge in [-0.25, -0.2) is 4.79 Å². The third-order valence-electron chi connectivity index (χ3n) is 3.57. The molecule has 1 atom stereocenters. The van der Waals surface area contributed by atoms with E-state index in [4.69, 9.17) is 14.6 Å². The van der Waals surface area contributed by atoms with Gasteiger partial charge in [-0.3, -0.25) is 14.4 Å². The molecule has 0 aliphatic heterocycles. The van der Waals surface area contributed by atoms with Crippen molar-refractivity contribution in [2.75, 3.05) is 20.2 Å². The number of carbonyl (C=O) groups excluding carboxylic acids is 3. The highest BCUT2D eigenvalue weighted by Gasteiger charge is 2.19. The zero-order valence-corrected chi connectivity index (χ0v) is 15.8. The molecule has 1 amide bonds. The Morgan fingerprint density at radius 2 is 1.81 bits per heavy atom. The smallest absolute Gasteiger partial charge is 0.334 e. The van der Waals surface area contributed by atoms with Gasteiger partial charge in [-0.15, -0.1) is 0 Å². The molecule has 0 aromatic rings. The van der Waals surface area contributed by atoms with E-state index >= 15 is 0 Å². The van der Waals surface area contributed by atoms with E-state index in [1.165, 1.54) is 7.05 Å². The van der Waals surface area contributed by atoms with Gasteiger partial charge in [0.1, 0.15) is 6.54 Å². The van der Waals surface area contributed by atoms with Crippen LogP contribution in [0.3, 0.4) is 0 Å². The van der Waals surface area contributed by atoms with Gasteiger partial charge < -0.3 is 19.5 Å². The number of carboxylic acids is 1. The van der Waals surface area contributed by atoms with E-state index in [0.29, 0.717) is 0 Å². The van der Waals surface area contributed by atoms with Crippen LogP contribution in [0.25, 0.3) is 0 Å². The Morgan fingerprint density at radius 1 is 1.15 bits per heavy atom. The summed E-state index contributed by atoms with van der Waals surface area (Å²) in [5.41, 5.74) is -0.123. The molecule has 0 saturated heterocycles. The third-order valence-corrected chi connectivity index (χ3v) is 3.57. The fourth-order valence-electron chi connectivity index (χ4n) is 2.06. The van der Waals surface area contributed by atoms with Crippen LogP contribution in [-0.2, 0) is 28.7 Å². The normalized spacial score (nSPS) is 11.3. The zero-order valence-electron chi connectivity index (χ0n) is 15.8. The number of hydrogen-bond donors (Lipinski definition) is 1. The standard InChI is InChI=1S/C18H29NO7/c1-5-6-7-8-9-14(3)26-17(23)10-13(2)18(24)25-12-15(20)19(4)11-16(21)22/h14H,2,5-12H2,1,3-4H3,(H,21,22)/t14-/m0/s1. The minimum Gasteiger partial charge on any atom is -0.480 e. The topological polar surface area (TPSA) is 110 Å². The first kappa shape index (κ1) is 23.6. The minimum absolute atomic E-state index is 0.123. The molecule has 8 heteroatoms. The summed E-state index contributed by atoms with van der Waals surface area (Å²) in [5, 5.41) is 8.58. The third kappa shape index (κ3) is 11.2. The van der Waals surface area contributed by atoms with Crippen LogP contribution in [0.15, 0.2) is 12.2 Å². The van der Waals surface area contributed by atoms with Gasteiger partial charge >= 0.3 is 17.9 Å². The Morgan fingerprint density at radius 3 is 2.38 bits per heavy atom. The SMILES string of the molecule is C=C(CC(=O)O[C@@H](C)CCCCCC)C(=O)OCC(=O)N(C)CC(=O)O. The maximum absolute atomic E-state index is 11.8. The Labute approximate surface area is 154 Å². The summed E-state index contributed by atoms with van der Waals surface area (Å²) in [4.78, 5) is 46.5. The number of carboxylic acid groups (broad SMARTS) is 1. The van der Waals surface area contributed by atoms with Gasteiger partial charge in [-0.1, -0.05) is 32.8 Å². The van der Waals surface area contributed by atoms with Gasteiger partial charge in [0.05, 0.1) is 12.5 Å². The summed E-state index contributed by atoms with van der Waals surface area (Å²) in [6, 6.07) is 0. The van der Waals surface area contributed by atoms with Crippen molar-refractivity contribution in [3.8, 4) is 0 Å². The first-order valence-electron chi connectivity index (χ1n) is 8.67. The molecular weight excluding hydrogens is 342 g/mol. The average Bonchev–Trinajstić information content (AvgIpc) is 2.55.